The zero-order valence-electron chi connectivity index (χ0n) is 16.3. The third-order valence-corrected chi connectivity index (χ3v) is 5.24. The number of amides is 1. The molecule has 7 nitrogen and oxygen atoms in total. The van der Waals surface area contributed by atoms with Gasteiger partial charge in [0.2, 0.25) is 0 Å². The van der Waals surface area contributed by atoms with Crippen molar-refractivity contribution < 1.29 is 24.5 Å². The third-order valence-electron chi connectivity index (χ3n) is 5.00. The maximum atomic E-state index is 13.1. The Morgan fingerprint density at radius 2 is 1.90 bits per heavy atom. The van der Waals surface area contributed by atoms with E-state index in [0.29, 0.717) is 11.3 Å². The van der Waals surface area contributed by atoms with Crippen molar-refractivity contribution in [1.29, 1.82) is 0 Å². The Morgan fingerprint density at radius 3 is 2.61 bits per heavy atom. The molecule has 0 aliphatic carbocycles. The molecule has 2 heterocycles. The number of phenols is 1. The number of methoxy groups -OCH3 is 1. The number of phenolic OH excluding ortho intramolecular Hbond substituents is 1. The molecule has 0 bridgehead atoms. The van der Waals surface area contributed by atoms with Gasteiger partial charge in [0.25, 0.3) is 11.7 Å². The Hall–Kier alpha value is -3.84. The van der Waals surface area contributed by atoms with Gasteiger partial charge in [-0.1, -0.05) is 29.8 Å². The summed E-state index contributed by atoms with van der Waals surface area (Å²) in [4.78, 5) is 31.4. The van der Waals surface area contributed by atoms with Gasteiger partial charge in [0, 0.05) is 17.4 Å². The summed E-state index contributed by atoms with van der Waals surface area (Å²) in [7, 11) is 1.44. The van der Waals surface area contributed by atoms with Gasteiger partial charge in [-0.25, -0.2) is 0 Å². The minimum atomic E-state index is -1.04. The molecular weight excluding hydrogens is 420 g/mol. The van der Waals surface area contributed by atoms with Crippen LogP contribution in [0.3, 0.4) is 0 Å². The molecule has 1 amide bonds. The molecule has 4 rings (SSSR count). The van der Waals surface area contributed by atoms with Crippen LogP contribution in [0.5, 0.6) is 11.5 Å². The SMILES string of the molecule is COc1ccccc1/C(O)=C1\C(=O)C(=O)N(c2cc(Cl)ccc2O)C1c1cccnc1. The van der Waals surface area contributed by atoms with Gasteiger partial charge in [-0.05, 0) is 42.0 Å². The van der Waals surface area contributed by atoms with Crippen LogP contribution < -0.4 is 9.64 Å². The lowest BCUT2D eigenvalue weighted by atomic mass is 9.96. The smallest absolute Gasteiger partial charge is 0.300 e. The van der Waals surface area contributed by atoms with Gasteiger partial charge in [0.05, 0.1) is 30.0 Å². The van der Waals surface area contributed by atoms with Crippen molar-refractivity contribution in [2.24, 2.45) is 0 Å². The van der Waals surface area contributed by atoms with Gasteiger partial charge >= 0.3 is 0 Å². The quantitative estimate of drug-likeness (QED) is 0.363. The average Bonchev–Trinajstić information content (AvgIpc) is 3.06. The number of carbonyl (C=O) groups is 2. The molecule has 1 saturated heterocycles. The number of aliphatic hydroxyl groups excluding tert-OH is 1. The van der Waals surface area contributed by atoms with Crippen LogP contribution in [-0.2, 0) is 9.59 Å². The summed E-state index contributed by atoms with van der Waals surface area (Å²) >= 11 is 6.08. The molecule has 8 heteroatoms. The zero-order valence-corrected chi connectivity index (χ0v) is 17.1. The average molecular weight is 437 g/mol. The fourth-order valence-electron chi connectivity index (χ4n) is 3.61. The van der Waals surface area contributed by atoms with E-state index in [1.165, 1.54) is 31.5 Å². The van der Waals surface area contributed by atoms with E-state index in [-0.39, 0.29) is 27.6 Å². The first-order valence-corrected chi connectivity index (χ1v) is 9.64. The molecule has 1 fully saturated rings. The molecule has 0 saturated carbocycles. The Balaban J connectivity index is 2.00. The Morgan fingerprint density at radius 1 is 1.13 bits per heavy atom. The number of halogens is 1. The molecule has 1 aliphatic heterocycles. The van der Waals surface area contributed by atoms with Crippen LogP contribution in [0.2, 0.25) is 5.02 Å². The predicted molar refractivity (Wildman–Crippen MR) is 115 cm³/mol. The normalized spacial score (nSPS) is 17.7. The summed E-state index contributed by atoms with van der Waals surface area (Å²) in [6, 6.07) is 13.1. The number of anilines is 1. The lowest BCUT2D eigenvalue weighted by Gasteiger charge is -2.26. The number of hydrogen-bond acceptors (Lipinski definition) is 6. The molecule has 3 aromatic rings. The number of ketones is 1. The number of aromatic nitrogens is 1. The molecule has 1 aliphatic rings. The summed E-state index contributed by atoms with van der Waals surface area (Å²) in [5.74, 6) is -2.12. The first kappa shape index (κ1) is 20.4. The maximum absolute atomic E-state index is 13.1. The van der Waals surface area contributed by atoms with Crippen molar-refractivity contribution in [1.82, 2.24) is 4.98 Å². The lowest BCUT2D eigenvalue weighted by Crippen LogP contribution is -2.29. The Kier molecular flexibility index (Phi) is 5.35. The molecule has 0 spiro atoms. The van der Waals surface area contributed by atoms with Gasteiger partial charge < -0.3 is 14.9 Å². The minimum absolute atomic E-state index is 0.0440. The van der Waals surface area contributed by atoms with Crippen molar-refractivity contribution in [3.63, 3.8) is 0 Å². The first-order chi connectivity index (χ1) is 14.9. The lowest BCUT2D eigenvalue weighted by molar-refractivity contribution is -0.132. The first-order valence-electron chi connectivity index (χ1n) is 9.27. The second-order valence-corrected chi connectivity index (χ2v) is 7.23. The van der Waals surface area contributed by atoms with Gasteiger partial charge in [-0.15, -0.1) is 0 Å². The highest BCUT2D eigenvalue weighted by atomic mass is 35.5. The van der Waals surface area contributed by atoms with Gasteiger partial charge in [-0.3, -0.25) is 19.5 Å². The number of Topliss-reactive ketones (excluding diaryl/α,β-unsaturated/α-hetero) is 1. The zero-order chi connectivity index (χ0) is 22.1. The number of nitrogens with zero attached hydrogens (tertiary/aromatic N) is 2. The Labute approximate surface area is 182 Å². The molecule has 31 heavy (non-hydrogen) atoms. The standard InChI is InChI=1S/C23H17ClN2O5/c1-31-18-7-3-2-6-15(18)21(28)19-20(13-5-4-10-25-12-13)26(23(30)22(19)29)16-11-14(24)8-9-17(16)27/h2-12,20,27-28H,1H3/b21-19+. The maximum Gasteiger partial charge on any atom is 0.300 e. The van der Waals surface area contributed by atoms with E-state index in [4.69, 9.17) is 16.3 Å². The van der Waals surface area contributed by atoms with Crippen molar-refractivity contribution in [2.75, 3.05) is 12.0 Å². The topological polar surface area (TPSA) is 100.0 Å². The summed E-state index contributed by atoms with van der Waals surface area (Å²) in [6.45, 7) is 0. The second kappa shape index (κ2) is 8.12. The molecule has 156 valence electrons. The highest BCUT2D eigenvalue weighted by molar-refractivity contribution is 6.52. The van der Waals surface area contributed by atoms with E-state index >= 15 is 0 Å². The van der Waals surface area contributed by atoms with Crippen molar-refractivity contribution in [2.45, 2.75) is 6.04 Å². The van der Waals surface area contributed by atoms with Crippen molar-refractivity contribution >= 4 is 34.7 Å². The van der Waals surface area contributed by atoms with E-state index in [1.54, 1.807) is 42.6 Å². The summed E-state index contributed by atoms with van der Waals surface area (Å²) < 4.78 is 5.30. The number of para-hydroxylation sites is 1. The minimum Gasteiger partial charge on any atom is -0.507 e. The number of pyridine rings is 1. The molecule has 2 N–H and O–H groups in total. The van der Waals surface area contributed by atoms with Crippen molar-refractivity contribution in [3.8, 4) is 11.5 Å². The number of hydrogen-bond donors (Lipinski definition) is 2. The number of benzene rings is 2. The van der Waals surface area contributed by atoms with Crippen LogP contribution in [0.25, 0.3) is 5.76 Å². The van der Waals surface area contributed by atoms with E-state index in [2.05, 4.69) is 4.98 Å². The van der Waals surface area contributed by atoms with Crippen LogP contribution in [0.4, 0.5) is 5.69 Å². The van der Waals surface area contributed by atoms with E-state index in [1.807, 2.05) is 0 Å². The van der Waals surface area contributed by atoms with Crippen LogP contribution in [0.1, 0.15) is 17.2 Å². The van der Waals surface area contributed by atoms with E-state index in [0.717, 1.165) is 4.90 Å². The summed E-state index contributed by atoms with van der Waals surface area (Å²) in [5.41, 5.74) is 0.620. The highest BCUT2D eigenvalue weighted by Crippen LogP contribution is 2.45. The monoisotopic (exact) mass is 436 g/mol. The molecular formula is C23H17ClN2O5. The summed E-state index contributed by atoms with van der Waals surface area (Å²) in [6.07, 6.45) is 3.04. The van der Waals surface area contributed by atoms with Crippen molar-refractivity contribution in [3.05, 3.63) is 88.7 Å². The molecule has 0 radical (unpaired) electrons. The van der Waals surface area contributed by atoms with Gasteiger partial charge in [-0.2, -0.15) is 0 Å². The molecule has 1 unspecified atom stereocenters. The highest BCUT2D eigenvalue weighted by Gasteiger charge is 2.48. The fraction of sp³-hybridized carbons (Fsp3) is 0.0870. The Bertz CT molecular complexity index is 1210. The summed E-state index contributed by atoms with van der Waals surface area (Å²) in [5, 5.41) is 21.8. The largest absolute Gasteiger partial charge is 0.507 e. The van der Waals surface area contributed by atoms with Gasteiger partial charge in [0.15, 0.2) is 0 Å². The molecule has 2 aromatic carbocycles. The van der Waals surface area contributed by atoms with Gasteiger partial charge in [0.1, 0.15) is 17.3 Å². The number of ether oxygens (including phenoxy) is 1. The van der Waals surface area contributed by atoms with E-state index < -0.39 is 23.5 Å². The van der Waals surface area contributed by atoms with E-state index in [9.17, 15) is 19.8 Å². The number of aromatic hydroxyl groups is 1. The van der Waals surface area contributed by atoms with Crippen LogP contribution in [-0.4, -0.2) is 34.0 Å². The fourth-order valence-corrected chi connectivity index (χ4v) is 3.78. The van der Waals surface area contributed by atoms with Crippen LogP contribution >= 0.6 is 11.6 Å². The second-order valence-electron chi connectivity index (χ2n) is 6.79. The third kappa shape index (κ3) is 3.49. The van der Waals surface area contributed by atoms with Crippen LogP contribution in [0, 0.1) is 0 Å². The molecule has 1 atom stereocenters. The van der Waals surface area contributed by atoms with Crippen LogP contribution in [0.15, 0.2) is 72.6 Å². The number of aliphatic hydroxyl groups is 1. The number of rotatable bonds is 4. The number of carbonyl (C=O) groups excluding carboxylic acids is 2. The predicted octanol–water partition coefficient (Wildman–Crippen LogP) is 4.08. The molecule has 1 aromatic heterocycles.